The van der Waals surface area contributed by atoms with Crippen LogP contribution in [-0.2, 0) is 11.2 Å². The first-order valence-corrected chi connectivity index (χ1v) is 8.38. The standard InChI is InChI=1S/C15H25N3O3S/c1-10-11(8-15(20)6-5-7-16-9-15)22-12(17-10)18-13(19)21-14(2,3)4/h16,20H,5-9H2,1-4H3,(H,17,18,19). The van der Waals surface area contributed by atoms with Crippen molar-refractivity contribution in [3.8, 4) is 0 Å². The highest BCUT2D eigenvalue weighted by molar-refractivity contribution is 7.15. The van der Waals surface area contributed by atoms with Crippen LogP contribution in [0, 0.1) is 6.92 Å². The molecule has 7 heteroatoms. The number of ether oxygens (including phenoxy) is 1. The summed E-state index contributed by atoms with van der Waals surface area (Å²) in [5.41, 5.74) is -0.420. The SMILES string of the molecule is Cc1nc(NC(=O)OC(C)(C)C)sc1CC1(O)CCCNC1. The van der Waals surface area contributed by atoms with Gasteiger partial charge >= 0.3 is 6.09 Å². The highest BCUT2D eigenvalue weighted by atomic mass is 32.1. The van der Waals surface area contributed by atoms with Gasteiger partial charge in [-0.3, -0.25) is 5.32 Å². The Morgan fingerprint density at radius 1 is 1.55 bits per heavy atom. The molecule has 1 atom stereocenters. The third-order valence-corrected chi connectivity index (χ3v) is 4.51. The summed E-state index contributed by atoms with van der Waals surface area (Å²) in [5, 5.41) is 17.0. The zero-order chi connectivity index (χ0) is 16.4. The monoisotopic (exact) mass is 327 g/mol. The normalized spacial score (nSPS) is 22.4. The van der Waals surface area contributed by atoms with Crippen molar-refractivity contribution in [3.63, 3.8) is 0 Å². The molecule has 1 aliphatic heterocycles. The van der Waals surface area contributed by atoms with E-state index < -0.39 is 17.3 Å². The molecule has 124 valence electrons. The molecule has 3 N–H and O–H groups in total. The molecule has 0 saturated carbocycles. The topological polar surface area (TPSA) is 83.5 Å². The molecule has 1 amide bonds. The van der Waals surface area contributed by atoms with Gasteiger partial charge in [-0.1, -0.05) is 0 Å². The molecule has 1 aromatic rings. The smallest absolute Gasteiger partial charge is 0.413 e. The first kappa shape index (κ1) is 17.2. The Balaban J connectivity index is 2.00. The van der Waals surface area contributed by atoms with E-state index in [1.165, 1.54) is 11.3 Å². The van der Waals surface area contributed by atoms with Crippen LogP contribution in [0.15, 0.2) is 0 Å². The van der Waals surface area contributed by atoms with Gasteiger partial charge in [-0.25, -0.2) is 9.78 Å². The number of aromatic nitrogens is 1. The lowest BCUT2D eigenvalue weighted by atomic mass is 9.90. The second-order valence-electron chi connectivity index (χ2n) is 6.84. The molecule has 2 heterocycles. The number of hydrogen-bond donors (Lipinski definition) is 3. The van der Waals surface area contributed by atoms with Crippen molar-refractivity contribution < 1.29 is 14.6 Å². The summed E-state index contributed by atoms with van der Waals surface area (Å²) in [6, 6.07) is 0. The zero-order valence-electron chi connectivity index (χ0n) is 13.7. The van der Waals surface area contributed by atoms with Crippen molar-refractivity contribution in [2.75, 3.05) is 18.4 Å². The number of carbonyl (C=O) groups is 1. The number of β-amino-alcohol motifs (C(OH)–C–C–N with tert-alkyl or cyclic N) is 1. The van der Waals surface area contributed by atoms with Gasteiger partial charge < -0.3 is 15.2 Å². The number of aryl methyl sites for hydroxylation is 1. The van der Waals surface area contributed by atoms with Crippen molar-refractivity contribution in [1.82, 2.24) is 10.3 Å². The van der Waals surface area contributed by atoms with Crippen LogP contribution in [0.25, 0.3) is 0 Å². The Labute approximate surface area is 135 Å². The molecule has 1 fully saturated rings. The second-order valence-corrected chi connectivity index (χ2v) is 7.92. The number of piperidine rings is 1. The van der Waals surface area contributed by atoms with Crippen LogP contribution < -0.4 is 10.6 Å². The number of nitrogens with zero attached hydrogens (tertiary/aromatic N) is 1. The van der Waals surface area contributed by atoms with E-state index in [1.54, 1.807) is 0 Å². The van der Waals surface area contributed by atoms with Crippen molar-refractivity contribution in [2.45, 2.75) is 58.2 Å². The Morgan fingerprint density at radius 2 is 2.27 bits per heavy atom. The minimum absolute atomic E-state index is 0.508. The van der Waals surface area contributed by atoms with E-state index in [2.05, 4.69) is 15.6 Å². The molecule has 1 aliphatic rings. The Kier molecular flexibility index (Phi) is 5.09. The minimum Gasteiger partial charge on any atom is -0.444 e. The minimum atomic E-state index is -0.723. The van der Waals surface area contributed by atoms with Crippen LogP contribution >= 0.6 is 11.3 Å². The summed E-state index contributed by atoms with van der Waals surface area (Å²) in [6.07, 6.45) is 1.80. The Morgan fingerprint density at radius 3 is 2.86 bits per heavy atom. The highest BCUT2D eigenvalue weighted by Crippen LogP contribution is 2.29. The van der Waals surface area contributed by atoms with Gasteiger partial charge in [-0.2, -0.15) is 0 Å². The number of nitrogens with one attached hydrogen (secondary N) is 2. The van der Waals surface area contributed by atoms with Crippen molar-refractivity contribution >= 4 is 22.6 Å². The molecule has 0 bridgehead atoms. The van der Waals surface area contributed by atoms with Gasteiger partial charge in [0.25, 0.3) is 0 Å². The van der Waals surface area contributed by atoms with Gasteiger partial charge in [0.1, 0.15) is 5.60 Å². The van der Waals surface area contributed by atoms with Crippen LogP contribution in [-0.4, -0.2) is 40.5 Å². The summed E-state index contributed by atoms with van der Waals surface area (Å²) in [4.78, 5) is 17.1. The van der Waals surface area contributed by atoms with Crippen molar-refractivity contribution in [1.29, 1.82) is 0 Å². The van der Waals surface area contributed by atoms with Crippen LogP contribution in [0.2, 0.25) is 0 Å². The van der Waals surface area contributed by atoms with Gasteiger partial charge in [0.05, 0.1) is 11.3 Å². The van der Waals surface area contributed by atoms with Gasteiger partial charge in [-0.15, -0.1) is 11.3 Å². The molecule has 0 radical (unpaired) electrons. The van der Waals surface area contributed by atoms with E-state index in [0.717, 1.165) is 30.0 Å². The van der Waals surface area contributed by atoms with Crippen molar-refractivity contribution in [3.05, 3.63) is 10.6 Å². The summed E-state index contributed by atoms with van der Waals surface area (Å²) in [7, 11) is 0. The predicted octanol–water partition coefficient (Wildman–Crippen LogP) is 2.46. The largest absolute Gasteiger partial charge is 0.444 e. The van der Waals surface area contributed by atoms with E-state index in [0.29, 0.717) is 18.1 Å². The molecule has 6 nitrogen and oxygen atoms in total. The lowest BCUT2D eigenvalue weighted by Gasteiger charge is -2.32. The molecule has 1 unspecified atom stereocenters. The van der Waals surface area contributed by atoms with Crippen LogP contribution in [0.1, 0.15) is 44.2 Å². The van der Waals surface area contributed by atoms with Gasteiger partial charge in [0.2, 0.25) is 0 Å². The van der Waals surface area contributed by atoms with E-state index in [9.17, 15) is 9.90 Å². The molecule has 0 aliphatic carbocycles. The number of anilines is 1. The van der Waals surface area contributed by atoms with E-state index in [4.69, 9.17) is 4.74 Å². The first-order chi connectivity index (χ1) is 10.2. The third-order valence-electron chi connectivity index (χ3n) is 3.44. The lowest BCUT2D eigenvalue weighted by Crippen LogP contribution is -2.47. The molecule has 2 rings (SSSR count). The maximum atomic E-state index is 11.8. The third kappa shape index (κ3) is 4.93. The highest BCUT2D eigenvalue weighted by Gasteiger charge is 2.31. The number of carbonyl (C=O) groups excluding carboxylic acids is 1. The molecule has 0 spiro atoms. The summed E-state index contributed by atoms with van der Waals surface area (Å²) >= 11 is 1.40. The number of aliphatic hydroxyl groups is 1. The Bertz CT molecular complexity index is 531. The lowest BCUT2D eigenvalue weighted by molar-refractivity contribution is 0.0175. The summed E-state index contributed by atoms with van der Waals surface area (Å²) < 4.78 is 5.22. The van der Waals surface area contributed by atoms with E-state index in [1.807, 2.05) is 27.7 Å². The fraction of sp³-hybridized carbons (Fsp3) is 0.733. The van der Waals surface area contributed by atoms with Gasteiger partial charge in [0, 0.05) is 17.8 Å². The predicted molar refractivity (Wildman–Crippen MR) is 87.5 cm³/mol. The second kappa shape index (κ2) is 6.52. The average Bonchev–Trinajstić information content (AvgIpc) is 2.67. The maximum Gasteiger partial charge on any atom is 0.413 e. The molecule has 0 aromatic carbocycles. The molecule has 1 aromatic heterocycles. The van der Waals surface area contributed by atoms with E-state index >= 15 is 0 Å². The fourth-order valence-corrected chi connectivity index (χ4v) is 3.52. The molecule has 1 saturated heterocycles. The van der Waals surface area contributed by atoms with Gasteiger partial charge in [-0.05, 0) is 47.1 Å². The number of amides is 1. The fourth-order valence-electron chi connectivity index (χ4n) is 2.44. The van der Waals surface area contributed by atoms with Crippen LogP contribution in [0.3, 0.4) is 0 Å². The molecular formula is C15H25N3O3S. The number of thiazole rings is 1. The zero-order valence-corrected chi connectivity index (χ0v) is 14.5. The number of hydrogen-bond acceptors (Lipinski definition) is 6. The Hall–Kier alpha value is -1.18. The van der Waals surface area contributed by atoms with Crippen LogP contribution in [0.4, 0.5) is 9.93 Å². The summed E-state index contributed by atoms with van der Waals surface area (Å²) in [6.45, 7) is 8.89. The van der Waals surface area contributed by atoms with E-state index in [-0.39, 0.29) is 0 Å². The summed E-state index contributed by atoms with van der Waals surface area (Å²) in [5.74, 6) is 0. The van der Waals surface area contributed by atoms with Crippen molar-refractivity contribution in [2.24, 2.45) is 0 Å². The number of rotatable bonds is 3. The van der Waals surface area contributed by atoms with Gasteiger partial charge in [0.15, 0.2) is 5.13 Å². The average molecular weight is 327 g/mol. The molecule has 22 heavy (non-hydrogen) atoms. The quantitative estimate of drug-likeness (QED) is 0.794. The first-order valence-electron chi connectivity index (χ1n) is 7.56. The van der Waals surface area contributed by atoms with Crippen LogP contribution in [0.5, 0.6) is 0 Å². The molecular weight excluding hydrogens is 302 g/mol. The maximum absolute atomic E-state index is 11.8.